The molecule has 11 aromatic carbocycles. The second kappa shape index (κ2) is 16.2. The molecule has 0 aliphatic rings. The predicted molar refractivity (Wildman–Crippen MR) is 295 cm³/mol. The summed E-state index contributed by atoms with van der Waals surface area (Å²) in [5, 5.41) is 8.58. The van der Waals surface area contributed by atoms with Crippen molar-refractivity contribution >= 4 is 111 Å². The summed E-state index contributed by atoms with van der Waals surface area (Å²) in [6.07, 6.45) is 0. The molecule has 0 atom stereocenters. The maximum Gasteiger partial charge on any atom is 0.159 e. The van der Waals surface area contributed by atoms with Crippen LogP contribution in [0.3, 0.4) is 0 Å². The largest absolute Gasteiger partial charge is 0.456 e. The van der Waals surface area contributed by atoms with E-state index < -0.39 is 0 Å². The smallest absolute Gasteiger partial charge is 0.159 e. The number of para-hydroxylation sites is 4. The summed E-state index contributed by atoms with van der Waals surface area (Å²) in [5.74, 6) is 0. The van der Waals surface area contributed by atoms with Gasteiger partial charge in [-0.1, -0.05) is 181 Å². The molecule has 0 unspecified atom stereocenters. The van der Waals surface area contributed by atoms with E-state index in [4.69, 9.17) is 13.3 Å². The molecule has 0 fully saturated rings. The molecule has 0 saturated heterocycles. The van der Waals surface area contributed by atoms with E-state index in [1.807, 2.05) is 12.1 Å². The Kier molecular flexibility index (Phi) is 9.26. The Bertz CT molecular complexity index is 4360. The van der Waals surface area contributed by atoms with Crippen LogP contribution in [-0.4, -0.2) is 0 Å². The standard InChI is InChI=1S/C66H44N2O3/c1-41-29-33-45(34-30-41)67(57-27-13-25-54-52-23-11-21-48(63(52)70-65(54)57)43-15-5-3-6-16-43)47-37-38-56-60(39-47)69-61-40-59(50-19-9-10-20-51(50)62(56)61)68(46-35-31-42(2)32-36-46)58-28-14-26-55-53-24-12-22-49(64(53)71-66(55)58)44-17-7-4-8-18-44/h3-40H,1-2H3. The predicted octanol–water partition coefficient (Wildman–Crippen LogP) is 19.4. The highest BCUT2D eigenvalue weighted by Gasteiger charge is 2.26. The average molecular weight is 913 g/mol. The van der Waals surface area contributed by atoms with Gasteiger partial charge in [0.1, 0.15) is 22.3 Å². The fourth-order valence-corrected chi connectivity index (χ4v) is 10.8. The third kappa shape index (κ3) is 6.54. The van der Waals surface area contributed by atoms with Crippen LogP contribution in [0.25, 0.3) is 98.8 Å². The Labute approximate surface area is 409 Å². The van der Waals surface area contributed by atoms with E-state index in [0.717, 1.165) is 133 Å². The van der Waals surface area contributed by atoms with E-state index in [2.05, 4.69) is 242 Å². The Morgan fingerprint density at radius 1 is 0.282 bits per heavy atom. The highest BCUT2D eigenvalue weighted by Crippen LogP contribution is 2.50. The van der Waals surface area contributed by atoms with Crippen molar-refractivity contribution in [3.05, 3.63) is 242 Å². The number of anilines is 6. The molecular formula is C66H44N2O3. The van der Waals surface area contributed by atoms with Gasteiger partial charge in [0.2, 0.25) is 0 Å². The van der Waals surface area contributed by atoms with E-state index in [-0.39, 0.29) is 0 Å². The van der Waals surface area contributed by atoms with Crippen LogP contribution >= 0.6 is 0 Å². The molecule has 5 nitrogen and oxygen atoms in total. The number of fused-ring (bicyclic) bond motifs is 11. The normalized spacial score (nSPS) is 11.8. The van der Waals surface area contributed by atoms with Crippen molar-refractivity contribution in [3.8, 4) is 22.3 Å². The number of benzene rings is 11. The van der Waals surface area contributed by atoms with Crippen LogP contribution in [0.4, 0.5) is 34.1 Å². The lowest BCUT2D eigenvalue weighted by atomic mass is 10.00. The van der Waals surface area contributed by atoms with Crippen molar-refractivity contribution < 1.29 is 13.3 Å². The van der Waals surface area contributed by atoms with Crippen LogP contribution in [0, 0.1) is 13.8 Å². The summed E-state index contributed by atoms with van der Waals surface area (Å²) < 4.78 is 21.2. The molecule has 71 heavy (non-hydrogen) atoms. The van der Waals surface area contributed by atoms with Gasteiger partial charge in [-0.25, -0.2) is 0 Å². The Hall–Kier alpha value is -9.32. The summed E-state index contributed by atoms with van der Waals surface area (Å²) in [7, 11) is 0. The molecule has 336 valence electrons. The molecule has 3 heterocycles. The summed E-state index contributed by atoms with van der Waals surface area (Å²) in [6.45, 7) is 4.25. The third-order valence-corrected chi connectivity index (χ3v) is 14.2. The zero-order chi connectivity index (χ0) is 47.2. The van der Waals surface area contributed by atoms with Gasteiger partial charge in [-0.05, 0) is 78.9 Å². The molecule has 0 aliphatic carbocycles. The Morgan fingerprint density at radius 2 is 0.732 bits per heavy atom. The first-order valence-electron chi connectivity index (χ1n) is 24.1. The highest BCUT2D eigenvalue weighted by atomic mass is 16.3. The molecule has 14 aromatic rings. The molecule has 0 aliphatic heterocycles. The van der Waals surface area contributed by atoms with Crippen LogP contribution in [-0.2, 0) is 0 Å². The summed E-state index contributed by atoms with van der Waals surface area (Å²) >= 11 is 0. The van der Waals surface area contributed by atoms with Gasteiger partial charge in [0.05, 0.1) is 22.7 Å². The molecular weight excluding hydrogens is 869 g/mol. The minimum atomic E-state index is 0.787. The van der Waals surface area contributed by atoms with Crippen molar-refractivity contribution in [2.75, 3.05) is 9.80 Å². The zero-order valence-electron chi connectivity index (χ0n) is 39.1. The van der Waals surface area contributed by atoms with Crippen molar-refractivity contribution in [1.29, 1.82) is 0 Å². The number of furan rings is 3. The highest BCUT2D eigenvalue weighted by molar-refractivity contribution is 6.24. The van der Waals surface area contributed by atoms with Crippen LogP contribution in [0.2, 0.25) is 0 Å². The SMILES string of the molecule is Cc1ccc(N(c2ccc3c(c2)oc2cc(N(c4ccc(C)cc4)c4cccc5c4oc4c(-c6ccccc6)cccc45)c4ccccc4c23)c2cccc3c2oc2c(-c4ccccc4)cccc23)cc1. The molecule has 0 amide bonds. The van der Waals surface area contributed by atoms with Gasteiger partial charge < -0.3 is 23.1 Å². The van der Waals surface area contributed by atoms with Crippen LogP contribution in [0.1, 0.15) is 11.1 Å². The van der Waals surface area contributed by atoms with Gasteiger partial charge in [-0.2, -0.15) is 0 Å². The third-order valence-electron chi connectivity index (χ3n) is 14.2. The molecule has 0 spiro atoms. The minimum absolute atomic E-state index is 0.787. The van der Waals surface area contributed by atoms with Gasteiger partial charge in [0, 0.05) is 72.3 Å². The van der Waals surface area contributed by atoms with Crippen LogP contribution in [0.5, 0.6) is 0 Å². The lowest BCUT2D eigenvalue weighted by molar-refractivity contribution is 0.667. The molecule has 0 saturated carbocycles. The Balaban J connectivity index is 0.973. The van der Waals surface area contributed by atoms with Crippen molar-refractivity contribution in [2.24, 2.45) is 0 Å². The van der Waals surface area contributed by atoms with E-state index >= 15 is 0 Å². The number of aryl methyl sites for hydroxylation is 2. The zero-order valence-corrected chi connectivity index (χ0v) is 39.1. The first kappa shape index (κ1) is 40.7. The fourth-order valence-electron chi connectivity index (χ4n) is 10.8. The van der Waals surface area contributed by atoms with E-state index in [9.17, 15) is 0 Å². The summed E-state index contributed by atoms with van der Waals surface area (Å²) in [4.78, 5) is 4.63. The fraction of sp³-hybridized carbons (Fsp3) is 0.0303. The van der Waals surface area contributed by atoms with Gasteiger partial charge in [0.25, 0.3) is 0 Å². The summed E-state index contributed by atoms with van der Waals surface area (Å²) in [5.41, 5.74) is 17.5. The number of hydrogen-bond donors (Lipinski definition) is 0. The molecule has 14 rings (SSSR count). The first-order valence-corrected chi connectivity index (χ1v) is 24.1. The second-order valence-corrected chi connectivity index (χ2v) is 18.5. The van der Waals surface area contributed by atoms with Crippen molar-refractivity contribution in [3.63, 3.8) is 0 Å². The average Bonchev–Trinajstić information content (AvgIpc) is 4.12. The molecule has 5 heteroatoms. The number of hydrogen-bond acceptors (Lipinski definition) is 5. The number of nitrogens with zero attached hydrogens (tertiary/aromatic N) is 2. The minimum Gasteiger partial charge on any atom is -0.456 e. The van der Waals surface area contributed by atoms with Crippen molar-refractivity contribution in [1.82, 2.24) is 0 Å². The molecule has 0 radical (unpaired) electrons. The Morgan fingerprint density at radius 3 is 1.30 bits per heavy atom. The van der Waals surface area contributed by atoms with E-state index in [1.54, 1.807) is 0 Å². The first-order chi connectivity index (χ1) is 35.0. The van der Waals surface area contributed by atoms with Gasteiger partial charge >= 0.3 is 0 Å². The lowest BCUT2D eigenvalue weighted by Crippen LogP contribution is -2.11. The van der Waals surface area contributed by atoms with Gasteiger partial charge in [0.15, 0.2) is 11.2 Å². The van der Waals surface area contributed by atoms with Crippen LogP contribution < -0.4 is 9.80 Å². The maximum absolute atomic E-state index is 7.12. The van der Waals surface area contributed by atoms with Gasteiger partial charge in [-0.15, -0.1) is 0 Å². The maximum atomic E-state index is 7.12. The van der Waals surface area contributed by atoms with Crippen molar-refractivity contribution in [2.45, 2.75) is 13.8 Å². The number of rotatable bonds is 8. The lowest BCUT2D eigenvalue weighted by Gasteiger charge is -2.27. The second-order valence-electron chi connectivity index (χ2n) is 18.5. The quantitative estimate of drug-likeness (QED) is 0.152. The monoisotopic (exact) mass is 912 g/mol. The van der Waals surface area contributed by atoms with E-state index in [0.29, 0.717) is 0 Å². The topological polar surface area (TPSA) is 45.9 Å². The summed E-state index contributed by atoms with van der Waals surface area (Å²) in [6, 6.07) is 81.6. The van der Waals surface area contributed by atoms with E-state index in [1.165, 1.54) is 11.1 Å². The van der Waals surface area contributed by atoms with Crippen LogP contribution in [0.15, 0.2) is 244 Å². The molecule has 0 N–H and O–H groups in total. The molecule has 0 bridgehead atoms. The van der Waals surface area contributed by atoms with Gasteiger partial charge in [-0.3, -0.25) is 0 Å². The molecule has 3 aromatic heterocycles.